The molecule has 0 aromatic heterocycles. The van der Waals surface area contributed by atoms with Crippen molar-refractivity contribution in [2.75, 3.05) is 25.0 Å². The highest BCUT2D eigenvalue weighted by molar-refractivity contribution is 5.92. The topological polar surface area (TPSA) is 61.4 Å². The first kappa shape index (κ1) is 20.2. The molecule has 1 aromatic carbocycles. The van der Waals surface area contributed by atoms with Crippen LogP contribution in [0.2, 0.25) is 0 Å². The number of rotatable bonds is 9. The summed E-state index contributed by atoms with van der Waals surface area (Å²) in [7, 11) is 0. The van der Waals surface area contributed by atoms with Gasteiger partial charge in [-0.25, -0.2) is 0 Å². The maximum absolute atomic E-state index is 12.2. The van der Waals surface area contributed by atoms with E-state index in [0.717, 1.165) is 12.1 Å². The molecule has 1 aromatic rings. The van der Waals surface area contributed by atoms with Crippen molar-refractivity contribution >= 4 is 17.5 Å². The first-order valence-electron chi connectivity index (χ1n) is 8.77. The third kappa shape index (κ3) is 7.13. The van der Waals surface area contributed by atoms with E-state index >= 15 is 0 Å². The fourth-order valence-corrected chi connectivity index (χ4v) is 2.38. The highest BCUT2D eigenvalue weighted by atomic mass is 16.2. The molecular formula is C19H31N3O2. The van der Waals surface area contributed by atoms with Gasteiger partial charge >= 0.3 is 0 Å². The summed E-state index contributed by atoms with van der Waals surface area (Å²) in [5, 5.41) is 5.73. The van der Waals surface area contributed by atoms with Crippen LogP contribution in [-0.4, -0.2) is 42.4 Å². The normalized spacial score (nSPS) is 12.3. The second-order valence-electron chi connectivity index (χ2n) is 6.50. The third-order valence-electron chi connectivity index (χ3n) is 4.01. The molecule has 2 N–H and O–H groups in total. The maximum Gasteiger partial charge on any atom is 0.238 e. The van der Waals surface area contributed by atoms with Crippen LogP contribution in [0.5, 0.6) is 0 Å². The number of benzene rings is 1. The van der Waals surface area contributed by atoms with E-state index in [4.69, 9.17) is 0 Å². The lowest BCUT2D eigenvalue weighted by atomic mass is 9.99. The second kappa shape index (κ2) is 10.1. The van der Waals surface area contributed by atoms with E-state index in [-0.39, 0.29) is 30.9 Å². The number of carbonyl (C=O) groups is 2. The average Bonchev–Trinajstić information content (AvgIpc) is 2.53. The van der Waals surface area contributed by atoms with Crippen LogP contribution in [0.1, 0.15) is 52.5 Å². The summed E-state index contributed by atoms with van der Waals surface area (Å²) >= 11 is 0. The fourth-order valence-electron chi connectivity index (χ4n) is 2.38. The Balaban J connectivity index is 2.53. The zero-order valence-electron chi connectivity index (χ0n) is 15.6. The van der Waals surface area contributed by atoms with E-state index in [0.29, 0.717) is 12.5 Å². The van der Waals surface area contributed by atoms with Crippen LogP contribution in [0, 0.1) is 0 Å². The first-order valence-corrected chi connectivity index (χ1v) is 8.77. The molecule has 0 radical (unpaired) electrons. The first-order chi connectivity index (χ1) is 11.3. The third-order valence-corrected chi connectivity index (χ3v) is 4.01. The molecule has 5 heteroatoms. The summed E-state index contributed by atoms with van der Waals surface area (Å²) in [5.74, 6) is 0.354. The van der Waals surface area contributed by atoms with Crippen molar-refractivity contribution in [3.05, 3.63) is 29.8 Å². The second-order valence-corrected chi connectivity index (χ2v) is 6.50. The van der Waals surface area contributed by atoms with E-state index in [1.165, 1.54) is 5.56 Å². The van der Waals surface area contributed by atoms with Crippen molar-refractivity contribution in [2.45, 2.75) is 53.0 Å². The standard InChI is InChI=1S/C19H31N3O2/c1-6-15(5)16-8-10-17(11-9-16)21-19(24)13-22(7-2)12-18(23)20-14(3)4/h8-11,14-15H,6-7,12-13H2,1-5H3,(H,20,23)(H,21,24)/t15-/m1/s1. The maximum atomic E-state index is 12.2. The number of carbonyl (C=O) groups excluding carboxylic acids is 2. The predicted octanol–water partition coefficient (Wildman–Crippen LogP) is 2.99. The summed E-state index contributed by atoms with van der Waals surface area (Å²) in [6.07, 6.45) is 1.09. The van der Waals surface area contributed by atoms with Crippen LogP contribution in [0.25, 0.3) is 0 Å². The van der Waals surface area contributed by atoms with Gasteiger partial charge in [-0.2, -0.15) is 0 Å². The van der Waals surface area contributed by atoms with E-state index in [2.05, 4.69) is 36.6 Å². The molecule has 0 aliphatic heterocycles. The number of amides is 2. The Morgan fingerprint density at radius 3 is 2.08 bits per heavy atom. The zero-order valence-corrected chi connectivity index (χ0v) is 15.6. The SMILES string of the molecule is CC[C@@H](C)c1ccc(NC(=O)CN(CC)CC(=O)NC(C)C)cc1. The van der Waals surface area contributed by atoms with Crippen molar-refractivity contribution in [2.24, 2.45) is 0 Å². The molecule has 0 bridgehead atoms. The minimum Gasteiger partial charge on any atom is -0.353 e. The number of anilines is 1. The van der Waals surface area contributed by atoms with Gasteiger partial charge < -0.3 is 10.6 Å². The summed E-state index contributed by atoms with van der Waals surface area (Å²) in [6.45, 7) is 11.2. The molecule has 5 nitrogen and oxygen atoms in total. The van der Waals surface area contributed by atoms with E-state index in [9.17, 15) is 9.59 Å². The molecule has 2 amide bonds. The van der Waals surface area contributed by atoms with Crippen LogP contribution in [0.3, 0.4) is 0 Å². The largest absolute Gasteiger partial charge is 0.353 e. The molecule has 0 aliphatic rings. The fraction of sp³-hybridized carbons (Fsp3) is 0.579. The van der Waals surface area contributed by atoms with E-state index in [1.807, 2.05) is 37.8 Å². The molecule has 0 heterocycles. The minimum atomic E-state index is -0.106. The molecule has 134 valence electrons. The Morgan fingerprint density at radius 2 is 1.58 bits per heavy atom. The Kier molecular flexibility index (Phi) is 8.47. The molecule has 24 heavy (non-hydrogen) atoms. The van der Waals surface area contributed by atoms with Crippen molar-refractivity contribution < 1.29 is 9.59 Å². The van der Waals surface area contributed by atoms with Gasteiger partial charge in [0.1, 0.15) is 0 Å². The van der Waals surface area contributed by atoms with Gasteiger partial charge in [-0.3, -0.25) is 14.5 Å². The Labute approximate surface area is 145 Å². The Morgan fingerprint density at radius 1 is 1.00 bits per heavy atom. The van der Waals surface area contributed by atoms with Gasteiger partial charge in [-0.15, -0.1) is 0 Å². The molecular weight excluding hydrogens is 302 g/mol. The molecule has 0 aliphatic carbocycles. The number of likely N-dealkylation sites (N-methyl/N-ethyl adjacent to an activating group) is 1. The monoisotopic (exact) mass is 333 g/mol. The predicted molar refractivity (Wildman–Crippen MR) is 99.2 cm³/mol. The molecule has 0 unspecified atom stereocenters. The lowest BCUT2D eigenvalue weighted by Gasteiger charge is -2.20. The van der Waals surface area contributed by atoms with Gasteiger partial charge in [-0.1, -0.05) is 32.9 Å². The van der Waals surface area contributed by atoms with Gasteiger partial charge in [0.15, 0.2) is 0 Å². The highest BCUT2D eigenvalue weighted by Gasteiger charge is 2.14. The molecule has 1 atom stereocenters. The Hall–Kier alpha value is -1.88. The summed E-state index contributed by atoms with van der Waals surface area (Å²) in [6, 6.07) is 8.08. The molecule has 0 saturated heterocycles. The van der Waals surface area contributed by atoms with Crippen molar-refractivity contribution in [1.29, 1.82) is 0 Å². The van der Waals surface area contributed by atoms with Gasteiger partial charge in [-0.05, 0) is 50.4 Å². The highest BCUT2D eigenvalue weighted by Crippen LogP contribution is 2.20. The number of nitrogens with zero attached hydrogens (tertiary/aromatic N) is 1. The van der Waals surface area contributed by atoms with Crippen LogP contribution < -0.4 is 10.6 Å². The zero-order chi connectivity index (χ0) is 18.1. The van der Waals surface area contributed by atoms with Crippen LogP contribution in [0.15, 0.2) is 24.3 Å². The quantitative estimate of drug-likeness (QED) is 0.730. The van der Waals surface area contributed by atoms with E-state index < -0.39 is 0 Å². The molecule has 0 saturated carbocycles. The van der Waals surface area contributed by atoms with Crippen molar-refractivity contribution in [1.82, 2.24) is 10.2 Å². The molecule has 0 spiro atoms. The van der Waals surface area contributed by atoms with Crippen molar-refractivity contribution in [3.8, 4) is 0 Å². The van der Waals surface area contributed by atoms with Gasteiger partial charge in [0.25, 0.3) is 0 Å². The summed E-state index contributed by atoms with van der Waals surface area (Å²) in [4.78, 5) is 25.8. The molecule has 1 rings (SSSR count). The number of hydrogen-bond acceptors (Lipinski definition) is 3. The minimum absolute atomic E-state index is 0.0578. The summed E-state index contributed by atoms with van der Waals surface area (Å²) < 4.78 is 0. The Bertz CT molecular complexity index is 526. The van der Waals surface area contributed by atoms with Gasteiger partial charge in [0.05, 0.1) is 13.1 Å². The number of nitrogens with one attached hydrogen (secondary N) is 2. The molecule has 0 fully saturated rings. The smallest absolute Gasteiger partial charge is 0.238 e. The lowest BCUT2D eigenvalue weighted by Crippen LogP contribution is -2.42. The van der Waals surface area contributed by atoms with E-state index in [1.54, 1.807) is 0 Å². The average molecular weight is 333 g/mol. The van der Waals surface area contributed by atoms with Gasteiger partial charge in [0, 0.05) is 11.7 Å². The van der Waals surface area contributed by atoms with Crippen LogP contribution in [-0.2, 0) is 9.59 Å². The van der Waals surface area contributed by atoms with Crippen LogP contribution >= 0.6 is 0 Å². The lowest BCUT2D eigenvalue weighted by molar-refractivity contribution is -0.123. The van der Waals surface area contributed by atoms with Gasteiger partial charge in [0.2, 0.25) is 11.8 Å². The summed E-state index contributed by atoms with van der Waals surface area (Å²) in [5.41, 5.74) is 2.06. The van der Waals surface area contributed by atoms with Crippen LogP contribution in [0.4, 0.5) is 5.69 Å². The van der Waals surface area contributed by atoms with Crippen molar-refractivity contribution in [3.63, 3.8) is 0 Å². The number of hydrogen-bond donors (Lipinski definition) is 2.